The summed E-state index contributed by atoms with van der Waals surface area (Å²) in [5.41, 5.74) is 0.745. The first-order chi connectivity index (χ1) is 14.2. The Balaban J connectivity index is 1.72. The van der Waals surface area contributed by atoms with Crippen LogP contribution in [0.4, 0.5) is 5.69 Å². The summed E-state index contributed by atoms with van der Waals surface area (Å²) < 4.78 is 56.7. The Hall–Kier alpha value is -2.17. The highest BCUT2D eigenvalue weighted by molar-refractivity contribution is 7.92. The second-order valence-electron chi connectivity index (χ2n) is 7.94. The van der Waals surface area contributed by atoms with Crippen molar-refractivity contribution in [2.24, 2.45) is 5.92 Å². The van der Waals surface area contributed by atoms with Gasteiger partial charge in [0.15, 0.2) is 0 Å². The van der Waals surface area contributed by atoms with Crippen LogP contribution in [-0.2, 0) is 26.6 Å². The zero-order valence-electron chi connectivity index (χ0n) is 16.7. The van der Waals surface area contributed by atoms with Crippen LogP contribution < -0.4 is 10.3 Å². The van der Waals surface area contributed by atoms with E-state index in [0.717, 1.165) is 0 Å². The molecule has 8 nitrogen and oxygen atoms in total. The molecular formula is C20H25N3O5S2. The number of hydrogen-bond donors (Lipinski definition) is 1. The minimum absolute atomic E-state index is 0.00469. The van der Waals surface area contributed by atoms with Crippen LogP contribution >= 0.6 is 0 Å². The van der Waals surface area contributed by atoms with E-state index in [4.69, 9.17) is 0 Å². The molecule has 0 amide bonds. The fourth-order valence-electron chi connectivity index (χ4n) is 4.48. The molecule has 30 heavy (non-hydrogen) atoms. The van der Waals surface area contributed by atoms with Gasteiger partial charge in [-0.15, -0.1) is 0 Å². The quantitative estimate of drug-likeness (QED) is 0.721. The molecule has 2 aliphatic rings. The van der Waals surface area contributed by atoms with Crippen molar-refractivity contribution in [2.75, 3.05) is 23.6 Å². The summed E-state index contributed by atoms with van der Waals surface area (Å²) in [7, 11) is -7.21. The smallest absolute Gasteiger partial charge is 0.250 e. The molecule has 0 saturated carbocycles. The molecule has 0 spiro atoms. The van der Waals surface area contributed by atoms with Crippen LogP contribution in [0.5, 0.6) is 0 Å². The number of rotatable bonds is 6. The summed E-state index contributed by atoms with van der Waals surface area (Å²) in [5, 5.41) is 0. The molecular weight excluding hydrogens is 426 g/mol. The van der Waals surface area contributed by atoms with Crippen LogP contribution in [-0.4, -0.2) is 44.6 Å². The molecule has 4 rings (SSSR count). The summed E-state index contributed by atoms with van der Waals surface area (Å²) in [4.78, 5) is 12.7. The van der Waals surface area contributed by atoms with Crippen molar-refractivity contribution in [3.05, 3.63) is 58.5 Å². The second kappa shape index (κ2) is 7.82. The summed E-state index contributed by atoms with van der Waals surface area (Å²) in [6, 6.07) is 11.1. The van der Waals surface area contributed by atoms with Crippen molar-refractivity contribution in [3.63, 3.8) is 0 Å². The first-order valence-corrected chi connectivity index (χ1v) is 13.1. The fourth-order valence-corrected chi connectivity index (χ4v) is 7.21. The zero-order chi connectivity index (χ0) is 21.5. The average Bonchev–Trinajstić information content (AvgIpc) is 2.70. The highest BCUT2D eigenvalue weighted by Gasteiger charge is 2.40. The Kier molecular flexibility index (Phi) is 5.50. The van der Waals surface area contributed by atoms with E-state index in [2.05, 4.69) is 4.72 Å². The lowest BCUT2D eigenvalue weighted by atomic mass is 9.83. The number of nitrogens with zero attached hydrogens (tertiary/aromatic N) is 2. The molecule has 162 valence electrons. The van der Waals surface area contributed by atoms with Gasteiger partial charge < -0.3 is 4.57 Å². The van der Waals surface area contributed by atoms with E-state index in [1.54, 1.807) is 41.8 Å². The number of sulfonamides is 2. The molecule has 1 fully saturated rings. The van der Waals surface area contributed by atoms with Crippen LogP contribution in [0.15, 0.2) is 52.2 Å². The second-order valence-corrected chi connectivity index (χ2v) is 11.7. The molecule has 1 aromatic carbocycles. The number of anilines is 1. The first-order valence-electron chi connectivity index (χ1n) is 10.0. The number of pyridine rings is 1. The van der Waals surface area contributed by atoms with Crippen molar-refractivity contribution in [1.82, 2.24) is 8.87 Å². The molecule has 2 aliphatic heterocycles. The van der Waals surface area contributed by atoms with Crippen molar-refractivity contribution >= 4 is 25.7 Å². The Labute approximate surface area is 176 Å². The summed E-state index contributed by atoms with van der Waals surface area (Å²) in [5.74, 6) is -0.285. The van der Waals surface area contributed by atoms with Gasteiger partial charge in [-0.2, -0.15) is 4.31 Å². The van der Waals surface area contributed by atoms with E-state index in [1.807, 2.05) is 0 Å². The predicted molar refractivity (Wildman–Crippen MR) is 114 cm³/mol. The Morgan fingerprint density at radius 1 is 1.00 bits per heavy atom. The number of hydrogen-bond acceptors (Lipinski definition) is 5. The lowest BCUT2D eigenvalue weighted by molar-refractivity contribution is 0.187. The number of piperidine rings is 1. The van der Waals surface area contributed by atoms with E-state index in [0.29, 0.717) is 37.3 Å². The predicted octanol–water partition coefficient (Wildman–Crippen LogP) is 1.81. The highest BCUT2D eigenvalue weighted by Crippen LogP contribution is 2.40. The molecule has 3 heterocycles. The van der Waals surface area contributed by atoms with Gasteiger partial charge in [-0.05, 0) is 37.0 Å². The Bertz CT molecular complexity index is 1210. The third kappa shape index (κ3) is 3.91. The van der Waals surface area contributed by atoms with Gasteiger partial charge >= 0.3 is 0 Å². The molecule has 1 N–H and O–H groups in total. The van der Waals surface area contributed by atoms with Crippen molar-refractivity contribution < 1.29 is 16.8 Å². The van der Waals surface area contributed by atoms with E-state index >= 15 is 0 Å². The van der Waals surface area contributed by atoms with E-state index in [1.165, 1.54) is 16.4 Å². The van der Waals surface area contributed by atoms with Gasteiger partial charge in [-0.3, -0.25) is 9.52 Å². The summed E-state index contributed by atoms with van der Waals surface area (Å²) >= 11 is 0. The zero-order valence-corrected chi connectivity index (χ0v) is 18.3. The van der Waals surface area contributed by atoms with Gasteiger partial charge in [0.05, 0.1) is 16.3 Å². The summed E-state index contributed by atoms with van der Waals surface area (Å²) in [6.45, 7) is 2.70. The Morgan fingerprint density at radius 2 is 1.73 bits per heavy atom. The van der Waals surface area contributed by atoms with Gasteiger partial charge in [0.1, 0.15) is 0 Å². The lowest BCUT2D eigenvalue weighted by Crippen LogP contribution is -2.49. The minimum Gasteiger partial charge on any atom is -0.310 e. The minimum atomic E-state index is -3.67. The molecule has 0 radical (unpaired) electrons. The maximum atomic E-state index is 13.1. The summed E-state index contributed by atoms with van der Waals surface area (Å²) in [6.07, 6.45) is 1.19. The Morgan fingerprint density at radius 3 is 2.43 bits per heavy atom. The maximum Gasteiger partial charge on any atom is 0.250 e. The third-order valence-corrected chi connectivity index (χ3v) is 9.00. The monoisotopic (exact) mass is 451 g/mol. The van der Waals surface area contributed by atoms with Gasteiger partial charge in [0, 0.05) is 37.3 Å². The van der Waals surface area contributed by atoms with E-state index in [-0.39, 0.29) is 34.6 Å². The molecule has 0 unspecified atom stereocenters. The first kappa shape index (κ1) is 21.1. The van der Waals surface area contributed by atoms with Crippen LogP contribution in [0, 0.1) is 5.92 Å². The lowest BCUT2D eigenvalue weighted by Gasteiger charge is -2.42. The van der Waals surface area contributed by atoms with Crippen LogP contribution in [0.3, 0.4) is 0 Å². The number of aromatic nitrogens is 1. The molecule has 1 aromatic heterocycles. The number of benzene rings is 1. The van der Waals surface area contributed by atoms with Crippen LogP contribution in [0.1, 0.15) is 31.4 Å². The average molecular weight is 452 g/mol. The van der Waals surface area contributed by atoms with Gasteiger partial charge in [0.2, 0.25) is 20.0 Å². The number of fused-ring (bicyclic) bond motifs is 4. The highest BCUT2D eigenvalue weighted by atomic mass is 32.2. The standard InChI is InChI=1S/C20H25N3O5S2/c1-2-10-29(25,26)21-18-8-9-19(24)23-13-15-11-16(20(18)23)14-22(12-15)30(27,28)17-6-4-3-5-7-17/h3-9,15-16,21H,2,10-14H2,1H3/t15-,16-/m0/s1. The molecule has 10 heteroatoms. The maximum absolute atomic E-state index is 13.1. The normalized spacial score (nSPS) is 21.8. The molecule has 2 atom stereocenters. The molecule has 2 aromatic rings. The van der Waals surface area contributed by atoms with Gasteiger partial charge in [-0.1, -0.05) is 25.1 Å². The van der Waals surface area contributed by atoms with Crippen molar-refractivity contribution in [1.29, 1.82) is 0 Å². The van der Waals surface area contributed by atoms with E-state index in [9.17, 15) is 21.6 Å². The molecule has 2 bridgehead atoms. The molecule has 1 saturated heterocycles. The van der Waals surface area contributed by atoms with Crippen LogP contribution in [0.2, 0.25) is 0 Å². The van der Waals surface area contributed by atoms with Crippen molar-refractivity contribution in [2.45, 2.75) is 37.1 Å². The van der Waals surface area contributed by atoms with Crippen LogP contribution in [0.25, 0.3) is 0 Å². The topological polar surface area (TPSA) is 106 Å². The van der Waals surface area contributed by atoms with Crippen molar-refractivity contribution in [3.8, 4) is 0 Å². The van der Waals surface area contributed by atoms with Gasteiger partial charge in [0.25, 0.3) is 5.56 Å². The van der Waals surface area contributed by atoms with E-state index < -0.39 is 20.0 Å². The van der Waals surface area contributed by atoms with Gasteiger partial charge in [-0.25, -0.2) is 16.8 Å². The molecule has 0 aliphatic carbocycles. The fraction of sp³-hybridized carbons (Fsp3) is 0.450. The SMILES string of the molecule is CCCS(=O)(=O)Nc1ccc(=O)n2c1[C@H]1C[C@@H](CN(S(=O)(=O)c3ccccc3)C1)C2. The third-order valence-electron chi connectivity index (χ3n) is 5.68. The largest absolute Gasteiger partial charge is 0.310 e. The number of nitrogens with one attached hydrogen (secondary N) is 1.